The van der Waals surface area contributed by atoms with Crippen LogP contribution in [0.3, 0.4) is 0 Å². The number of nitrogens with one attached hydrogen (secondary N) is 2. The minimum atomic E-state index is 0.200. The molecule has 6 atom stereocenters. The summed E-state index contributed by atoms with van der Waals surface area (Å²) < 4.78 is 0. The number of hydrogen-bond donors (Lipinski definition) is 2. The largest absolute Gasteiger partial charge is 0.356 e. The average molecular weight is 328 g/mol. The summed E-state index contributed by atoms with van der Waals surface area (Å²) in [6.07, 6.45) is 15.2. The van der Waals surface area contributed by atoms with Crippen molar-refractivity contribution in [1.82, 2.24) is 10.6 Å². The quantitative estimate of drug-likeness (QED) is 0.557. The van der Waals surface area contributed by atoms with Crippen molar-refractivity contribution >= 4 is 11.8 Å². The van der Waals surface area contributed by atoms with Crippen molar-refractivity contribution in [2.24, 2.45) is 35.5 Å². The number of carbonyl (C=O) groups excluding carboxylic acids is 2. The molecule has 24 heavy (non-hydrogen) atoms. The second-order valence-corrected chi connectivity index (χ2v) is 8.06. The third-order valence-corrected chi connectivity index (χ3v) is 6.43. The van der Waals surface area contributed by atoms with E-state index in [0.29, 0.717) is 23.7 Å². The molecule has 0 saturated heterocycles. The molecule has 2 fully saturated rings. The molecule has 0 heterocycles. The van der Waals surface area contributed by atoms with Crippen LogP contribution >= 0.6 is 0 Å². The second-order valence-electron chi connectivity index (χ2n) is 8.06. The van der Waals surface area contributed by atoms with E-state index in [1.54, 1.807) is 0 Å². The van der Waals surface area contributed by atoms with Crippen LogP contribution in [-0.4, -0.2) is 24.9 Å². The Labute approximate surface area is 144 Å². The van der Waals surface area contributed by atoms with Gasteiger partial charge in [-0.2, -0.15) is 0 Å². The highest BCUT2D eigenvalue weighted by Gasteiger charge is 2.40. The number of unbranched alkanes of at least 4 members (excludes halogenated alkanes) is 1. The summed E-state index contributed by atoms with van der Waals surface area (Å²) in [6, 6.07) is 0. The molecule has 2 saturated carbocycles. The van der Waals surface area contributed by atoms with Gasteiger partial charge in [-0.05, 0) is 62.2 Å². The van der Waals surface area contributed by atoms with Crippen molar-refractivity contribution in [2.75, 3.05) is 13.1 Å². The lowest BCUT2D eigenvalue weighted by atomic mass is 9.93. The molecule has 4 rings (SSSR count). The predicted molar refractivity (Wildman–Crippen MR) is 92.9 cm³/mol. The summed E-state index contributed by atoms with van der Waals surface area (Å²) in [5.74, 6) is 3.09. The van der Waals surface area contributed by atoms with Crippen molar-refractivity contribution in [1.29, 1.82) is 0 Å². The zero-order chi connectivity index (χ0) is 16.5. The first-order chi connectivity index (χ1) is 11.7. The lowest BCUT2D eigenvalue weighted by Gasteiger charge is -2.18. The zero-order valence-corrected chi connectivity index (χ0v) is 14.2. The summed E-state index contributed by atoms with van der Waals surface area (Å²) in [6.45, 7) is 1.45. The fraction of sp³-hybridized carbons (Fsp3) is 0.700. The Morgan fingerprint density at radius 1 is 0.708 bits per heavy atom. The predicted octanol–water partition coefficient (Wildman–Crippen LogP) is 2.42. The van der Waals surface area contributed by atoms with Gasteiger partial charge < -0.3 is 10.6 Å². The SMILES string of the molecule is O=C(NCCCCNC(=O)C1CC2C=CC1C2)C1CC2C=CC1C2. The Morgan fingerprint density at radius 3 is 1.50 bits per heavy atom. The number of carbonyl (C=O) groups is 2. The van der Waals surface area contributed by atoms with Gasteiger partial charge in [0.2, 0.25) is 11.8 Å². The molecule has 2 N–H and O–H groups in total. The maximum Gasteiger partial charge on any atom is 0.223 e. The Kier molecular flexibility index (Phi) is 4.47. The van der Waals surface area contributed by atoms with Crippen LogP contribution in [0.1, 0.15) is 38.5 Å². The molecule has 6 unspecified atom stereocenters. The van der Waals surface area contributed by atoms with Crippen molar-refractivity contribution in [3.05, 3.63) is 24.3 Å². The van der Waals surface area contributed by atoms with Gasteiger partial charge in [-0.3, -0.25) is 9.59 Å². The van der Waals surface area contributed by atoms with Crippen LogP contribution in [0.25, 0.3) is 0 Å². The first-order valence-electron chi connectivity index (χ1n) is 9.63. The van der Waals surface area contributed by atoms with Crippen LogP contribution in [-0.2, 0) is 9.59 Å². The fourth-order valence-electron chi connectivity index (χ4n) is 5.10. The van der Waals surface area contributed by atoms with E-state index in [4.69, 9.17) is 0 Å². The van der Waals surface area contributed by atoms with Crippen LogP contribution in [0, 0.1) is 35.5 Å². The third kappa shape index (κ3) is 3.15. The minimum absolute atomic E-state index is 0.200. The zero-order valence-electron chi connectivity index (χ0n) is 14.2. The summed E-state index contributed by atoms with van der Waals surface area (Å²) in [4.78, 5) is 24.4. The van der Waals surface area contributed by atoms with Crippen LogP contribution in [0.2, 0.25) is 0 Å². The first-order valence-corrected chi connectivity index (χ1v) is 9.63. The minimum Gasteiger partial charge on any atom is -0.356 e. The Morgan fingerprint density at radius 2 is 1.17 bits per heavy atom. The van der Waals surface area contributed by atoms with Crippen LogP contribution in [0.4, 0.5) is 0 Å². The van der Waals surface area contributed by atoms with Crippen LogP contribution in [0.15, 0.2) is 24.3 Å². The topological polar surface area (TPSA) is 58.2 Å². The van der Waals surface area contributed by atoms with Gasteiger partial charge in [0.05, 0.1) is 0 Å². The Hall–Kier alpha value is -1.58. The van der Waals surface area contributed by atoms with Gasteiger partial charge >= 0.3 is 0 Å². The van der Waals surface area contributed by atoms with E-state index in [-0.39, 0.29) is 23.7 Å². The van der Waals surface area contributed by atoms with Crippen molar-refractivity contribution in [3.63, 3.8) is 0 Å². The highest BCUT2D eigenvalue weighted by molar-refractivity contribution is 5.80. The van der Waals surface area contributed by atoms with Gasteiger partial charge in [0.25, 0.3) is 0 Å². The van der Waals surface area contributed by atoms with E-state index >= 15 is 0 Å². The molecule has 0 aromatic carbocycles. The smallest absolute Gasteiger partial charge is 0.223 e. The lowest BCUT2D eigenvalue weighted by Crippen LogP contribution is -2.35. The second kappa shape index (κ2) is 6.73. The Bertz CT molecular complexity index is 518. The molecule has 0 aliphatic heterocycles. The van der Waals surface area contributed by atoms with Crippen LogP contribution in [0.5, 0.6) is 0 Å². The lowest BCUT2D eigenvalue weighted by molar-refractivity contribution is -0.126. The first kappa shape index (κ1) is 15.9. The standard InChI is InChI=1S/C20H28N2O2/c23-19(17-11-13-3-5-15(17)9-13)21-7-1-2-8-22-20(24)18-12-14-4-6-16(18)10-14/h3-6,13-18H,1-2,7-12H2,(H,21,23)(H,22,24). The summed E-state index contributed by atoms with van der Waals surface area (Å²) in [7, 11) is 0. The summed E-state index contributed by atoms with van der Waals surface area (Å²) in [5.41, 5.74) is 0. The molecule has 4 heteroatoms. The number of hydrogen-bond acceptors (Lipinski definition) is 2. The van der Waals surface area contributed by atoms with Gasteiger partial charge in [0, 0.05) is 24.9 Å². The number of fused-ring (bicyclic) bond motifs is 4. The summed E-state index contributed by atoms with van der Waals surface area (Å²) in [5, 5.41) is 6.16. The van der Waals surface area contributed by atoms with Gasteiger partial charge in [0.15, 0.2) is 0 Å². The molecule has 0 spiro atoms. The van der Waals surface area contributed by atoms with E-state index in [0.717, 1.165) is 38.8 Å². The van der Waals surface area contributed by atoms with Gasteiger partial charge in [0.1, 0.15) is 0 Å². The van der Waals surface area contributed by atoms with Crippen molar-refractivity contribution in [2.45, 2.75) is 38.5 Å². The monoisotopic (exact) mass is 328 g/mol. The molecule has 4 bridgehead atoms. The third-order valence-electron chi connectivity index (χ3n) is 6.43. The molecule has 4 aliphatic carbocycles. The maximum atomic E-state index is 12.2. The molecule has 0 radical (unpaired) electrons. The van der Waals surface area contributed by atoms with Crippen molar-refractivity contribution in [3.8, 4) is 0 Å². The summed E-state index contributed by atoms with van der Waals surface area (Å²) >= 11 is 0. The maximum absolute atomic E-state index is 12.2. The highest BCUT2D eigenvalue weighted by Crippen LogP contribution is 2.44. The molecule has 130 valence electrons. The molecule has 2 amide bonds. The van der Waals surface area contributed by atoms with Gasteiger partial charge in [-0.25, -0.2) is 0 Å². The molecule has 0 aromatic rings. The van der Waals surface area contributed by atoms with E-state index < -0.39 is 0 Å². The Balaban J connectivity index is 1.07. The van der Waals surface area contributed by atoms with E-state index in [2.05, 4.69) is 34.9 Å². The average Bonchev–Trinajstić information content (AvgIpc) is 3.37. The van der Waals surface area contributed by atoms with Crippen LogP contribution < -0.4 is 10.6 Å². The van der Waals surface area contributed by atoms with Crippen molar-refractivity contribution < 1.29 is 9.59 Å². The van der Waals surface area contributed by atoms with E-state index in [9.17, 15) is 9.59 Å². The highest BCUT2D eigenvalue weighted by atomic mass is 16.2. The number of amides is 2. The number of rotatable bonds is 7. The van der Waals surface area contributed by atoms with Gasteiger partial charge in [-0.15, -0.1) is 0 Å². The van der Waals surface area contributed by atoms with E-state index in [1.165, 1.54) is 12.8 Å². The van der Waals surface area contributed by atoms with Gasteiger partial charge in [-0.1, -0.05) is 24.3 Å². The van der Waals surface area contributed by atoms with E-state index in [1.807, 2.05) is 0 Å². The molecule has 4 nitrogen and oxygen atoms in total. The fourth-order valence-corrected chi connectivity index (χ4v) is 5.10. The molecular formula is C20H28N2O2. The molecule has 0 aromatic heterocycles. The number of allylic oxidation sites excluding steroid dienone is 4. The normalized spacial score (nSPS) is 38.0. The molecular weight excluding hydrogens is 300 g/mol. The molecule has 4 aliphatic rings.